The predicted molar refractivity (Wildman–Crippen MR) is 115 cm³/mol. The van der Waals surface area contributed by atoms with E-state index < -0.39 is 10.0 Å². The first-order valence-corrected chi connectivity index (χ1v) is 11.4. The van der Waals surface area contributed by atoms with Crippen molar-refractivity contribution in [3.63, 3.8) is 0 Å². The Labute approximate surface area is 172 Å². The smallest absolute Gasteiger partial charge is 0.241 e. The molecule has 2 aromatic rings. The molecule has 0 saturated carbocycles. The van der Waals surface area contributed by atoms with Gasteiger partial charge < -0.3 is 15.0 Å². The molecule has 1 heterocycles. The number of anilines is 2. The molecule has 1 fully saturated rings. The van der Waals surface area contributed by atoms with Gasteiger partial charge in [0, 0.05) is 25.3 Å². The molecule has 3 rings (SSSR count). The molecular formula is C21H27N3O4S. The topological polar surface area (TPSA) is 79.0 Å². The largest absolute Gasteiger partial charge is 0.495 e. The van der Waals surface area contributed by atoms with Crippen molar-refractivity contribution in [1.82, 2.24) is 5.32 Å². The van der Waals surface area contributed by atoms with Crippen LogP contribution in [0.5, 0.6) is 5.75 Å². The van der Waals surface area contributed by atoms with Gasteiger partial charge in [0.15, 0.2) is 0 Å². The fourth-order valence-corrected chi connectivity index (χ4v) is 4.26. The summed E-state index contributed by atoms with van der Waals surface area (Å²) in [6.07, 6.45) is 3.52. The monoisotopic (exact) mass is 417 g/mol. The molecule has 1 amide bonds. The summed E-state index contributed by atoms with van der Waals surface area (Å²) >= 11 is 0. The quantitative estimate of drug-likeness (QED) is 0.713. The van der Waals surface area contributed by atoms with Gasteiger partial charge in [0.1, 0.15) is 12.3 Å². The molecule has 0 aliphatic carbocycles. The molecule has 7 nitrogen and oxygen atoms in total. The Morgan fingerprint density at radius 3 is 2.38 bits per heavy atom. The summed E-state index contributed by atoms with van der Waals surface area (Å²) in [5, 5.41) is 2.80. The molecule has 156 valence electrons. The minimum absolute atomic E-state index is 0.314. The van der Waals surface area contributed by atoms with Crippen molar-refractivity contribution in [1.29, 1.82) is 0 Å². The Balaban J connectivity index is 1.63. The number of amides is 1. The lowest BCUT2D eigenvalue weighted by Gasteiger charge is -2.23. The second-order valence-corrected chi connectivity index (χ2v) is 8.99. The molecule has 2 aromatic carbocycles. The maximum absolute atomic E-state index is 12.5. The average molecular weight is 418 g/mol. The van der Waals surface area contributed by atoms with E-state index >= 15 is 0 Å². The van der Waals surface area contributed by atoms with Gasteiger partial charge in [-0.2, -0.15) is 0 Å². The van der Waals surface area contributed by atoms with E-state index in [1.807, 2.05) is 12.1 Å². The number of hydrogen-bond acceptors (Lipinski definition) is 5. The Morgan fingerprint density at radius 1 is 1.10 bits per heavy atom. The zero-order chi connectivity index (χ0) is 20.9. The van der Waals surface area contributed by atoms with E-state index in [9.17, 15) is 13.2 Å². The summed E-state index contributed by atoms with van der Waals surface area (Å²) in [4.78, 5) is 14.8. The lowest BCUT2D eigenvalue weighted by molar-refractivity contribution is -0.119. The first-order valence-electron chi connectivity index (χ1n) is 9.60. The van der Waals surface area contributed by atoms with Gasteiger partial charge >= 0.3 is 0 Å². The van der Waals surface area contributed by atoms with Gasteiger partial charge in [-0.1, -0.05) is 24.3 Å². The highest BCUT2D eigenvalue weighted by atomic mass is 32.2. The third kappa shape index (κ3) is 5.41. The van der Waals surface area contributed by atoms with Crippen molar-refractivity contribution in [2.45, 2.75) is 19.4 Å². The van der Waals surface area contributed by atoms with Crippen molar-refractivity contribution in [2.75, 3.05) is 42.2 Å². The molecule has 0 spiro atoms. The molecule has 1 aliphatic rings. The number of benzene rings is 2. The molecule has 1 N–H and O–H groups in total. The van der Waals surface area contributed by atoms with Gasteiger partial charge in [-0.3, -0.25) is 9.10 Å². The summed E-state index contributed by atoms with van der Waals surface area (Å²) in [5.74, 6) is 0.00757. The van der Waals surface area contributed by atoms with Crippen LogP contribution in [0, 0.1) is 0 Å². The summed E-state index contributed by atoms with van der Waals surface area (Å²) in [6.45, 7) is 2.19. The van der Waals surface area contributed by atoms with Crippen molar-refractivity contribution in [3.8, 4) is 5.75 Å². The summed E-state index contributed by atoms with van der Waals surface area (Å²) in [6, 6.07) is 14.8. The third-order valence-corrected chi connectivity index (χ3v) is 6.07. The number of carbonyl (C=O) groups is 1. The minimum atomic E-state index is -3.66. The number of rotatable bonds is 8. The number of carbonyl (C=O) groups excluding carboxylic acids is 1. The van der Waals surface area contributed by atoms with Crippen LogP contribution in [0.25, 0.3) is 0 Å². The van der Waals surface area contributed by atoms with Crippen molar-refractivity contribution >= 4 is 27.3 Å². The van der Waals surface area contributed by atoms with Crippen molar-refractivity contribution in [3.05, 3.63) is 54.1 Å². The maximum Gasteiger partial charge on any atom is 0.241 e. The number of para-hydroxylation sites is 2. The Hall–Kier alpha value is -2.74. The molecular weight excluding hydrogens is 390 g/mol. The fourth-order valence-electron chi connectivity index (χ4n) is 3.40. The highest BCUT2D eigenvalue weighted by Gasteiger charge is 2.23. The first-order chi connectivity index (χ1) is 13.9. The van der Waals surface area contributed by atoms with Crippen LogP contribution in [0.15, 0.2) is 48.5 Å². The van der Waals surface area contributed by atoms with E-state index in [2.05, 4.69) is 22.3 Å². The van der Waals surface area contributed by atoms with Crippen LogP contribution in [0.2, 0.25) is 0 Å². The van der Waals surface area contributed by atoms with Gasteiger partial charge in [-0.05, 0) is 42.7 Å². The number of nitrogens with zero attached hydrogens (tertiary/aromatic N) is 2. The third-order valence-electron chi connectivity index (χ3n) is 4.94. The average Bonchev–Trinajstić information content (AvgIpc) is 3.25. The van der Waals surface area contributed by atoms with Crippen LogP contribution in [0.3, 0.4) is 0 Å². The minimum Gasteiger partial charge on any atom is -0.495 e. The van der Waals surface area contributed by atoms with E-state index in [1.165, 1.54) is 25.6 Å². The molecule has 0 bridgehead atoms. The second-order valence-electron chi connectivity index (χ2n) is 7.08. The Bertz CT molecular complexity index is 939. The van der Waals surface area contributed by atoms with Crippen LogP contribution < -0.4 is 19.3 Å². The SMILES string of the molecule is COc1ccccc1N(CC(=O)NCc1ccc(N2CCCC2)cc1)S(C)(=O)=O. The number of ether oxygens (including phenoxy) is 1. The molecule has 0 radical (unpaired) electrons. The zero-order valence-electron chi connectivity index (χ0n) is 16.8. The summed E-state index contributed by atoms with van der Waals surface area (Å²) in [7, 11) is -2.19. The summed E-state index contributed by atoms with van der Waals surface area (Å²) < 4.78 is 30.8. The second kappa shape index (κ2) is 9.17. The standard InChI is InChI=1S/C21H27N3O4S/c1-28-20-8-4-3-7-19(20)24(29(2,26)27)16-21(25)22-15-17-9-11-18(12-10-17)23-13-5-6-14-23/h3-4,7-12H,5-6,13-16H2,1-2H3,(H,22,25). The van der Waals surface area contributed by atoms with Gasteiger partial charge in [0.05, 0.1) is 19.1 Å². The molecule has 29 heavy (non-hydrogen) atoms. The number of hydrogen-bond donors (Lipinski definition) is 1. The highest BCUT2D eigenvalue weighted by Crippen LogP contribution is 2.29. The normalized spacial score (nSPS) is 13.9. The molecule has 0 atom stereocenters. The van der Waals surface area contributed by atoms with Crippen LogP contribution in [-0.2, 0) is 21.4 Å². The first kappa shape index (κ1) is 21.0. The van der Waals surface area contributed by atoms with Gasteiger partial charge in [0.25, 0.3) is 0 Å². The van der Waals surface area contributed by atoms with Gasteiger partial charge in [-0.25, -0.2) is 8.42 Å². The lowest BCUT2D eigenvalue weighted by atomic mass is 10.2. The number of methoxy groups -OCH3 is 1. The van der Waals surface area contributed by atoms with Gasteiger partial charge in [-0.15, -0.1) is 0 Å². The Kier molecular flexibility index (Phi) is 6.64. The predicted octanol–water partition coefficient (Wildman–Crippen LogP) is 2.38. The lowest BCUT2D eigenvalue weighted by Crippen LogP contribution is -2.40. The molecule has 0 aromatic heterocycles. The highest BCUT2D eigenvalue weighted by molar-refractivity contribution is 7.92. The zero-order valence-corrected chi connectivity index (χ0v) is 17.6. The fraction of sp³-hybridized carbons (Fsp3) is 0.381. The molecule has 1 aliphatic heterocycles. The van der Waals surface area contributed by atoms with E-state index in [0.29, 0.717) is 18.0 Å². The van der Waals surface area contributed by atoms with Crippen LogP contribution in [-0.4, -0.2) is 47.3 Å². The van der Waals surface area contributed by atoms with E-state index in [4.69, 9.17) is 4.74 Å². The van der Waals surface area contributed by atoms with E-state index in [-0.39, 0.29) is 12.5 Å². The number of sulfonamides is 1. The van der Waals surface area contributed by atoms with Crippen LogP contribution >= 0.6 is 0 Å². The van der Waals surface area contributed by atoms with Crippen molar-refractivity contribution < 1.29 is 17.9 Å². The maximum atomic E-state index is 12.5. The molecule has 1 saturated heterocycles. The van der Waals surface area contributed by atoms with E-state index in [1.54, 1.807) is 24.3 Å². The van der Waals surface area contributed by atoms with Crippen molar-refractivity contribution in [2.24, 2.45) is 0 Å². The molecule has 0 unspecified atom stereocenters. The summed E-state index contributed by atoms with van der Waals surface area (Å²) in [5.41, 5.74) is 2.49. The Morgan fingerprint density at radius 2 is 1.76 bits per heavy atom. The van der Waals surface area contributed by atoms with Crippen LogP contribution in [0.1, 0.15) is 18.4 Å². The van der Waals surface area contributed by atoms with Crippen LogP contribution in [0.4, 0.5) is 11.4 Å². The van der Waals surface area contributed by atoms with E-state index in [0.717, 1.165) is 29.2 Å². The number of nitrogens with one attached hydrogen (secondary N) is 1. The van der Waals surface area contributed by atoms with Gasteiger partial charge in [0.2, 0.25) is 15.9 Å². The molecule has 8 heteroatoms.